The maximum absolute atomic E-state index is 13.0. The van der Waals surface area contributed by atoms with Gasteiger partial charge in [0.05, 0.1) is 5.69 Å². The van der Waals surface area contributed by atoms with E-state index in [0.717, 1.165) is 41.9 Å². The molecule has 0 bridgehead atoms. The van der Waals surface area contributed by atoms with Crippen LogP contribution < -0.4 is 5.32 Å². The van der Waals surface area contributed by atoms with Gasteiger partial charge in [-0.05, 0) is 79.8 Å². The predicted octanol–water partition coefficient (Wildman–Crippen LogP) is 4.43. The van der Waals surface area contributed by atoms with Gasteiger partial charge < -0.3 is 5.32 Å². The molecule has 150 valence electrons. The monoisotopic (exact) mass is 389 g/mol. The molecule has 6 nitrogen and oxygen atoms in total. The molecule has 0 atom stereocenters. The Labute approximate surface area is 171 Å². The lowest BCUT2D eigenvalue weighted by Gasteiger charge is -2.24. The second-order valence-electron chi connectivity index (χ2n) is 8.55. The summed E-state index contributed by atoms with van der Waals surface area (Å²) in [6.45, 7) is 8.19. The van der Waals surface area contributed by atoms with Crippen LogP contribution in [0.1, 0.15) is 67.7 Å². The van der Waals surface area contributed by atoms with Gasteiger partial charge in [-0.1, -0.05) is 36.8 Å². The van der Waals surface area contributed by atoms with Gasteiger partial charge in [-0.3, -0.25) is 4.79 Å². The van der Waals surface area contributed by atoms with Gasteiger partial charge >= 0.3 is 0 Å². The van der Waals surface area contributed by atoms with Crippen LogP contribution in [0.5, 0.6) is 0 Å². The van der Waals surface area contributed by atoms with Gasteiger partial charge in [-0.2, -0.15) is 4.68 Å². The molecule has 0 saturated heterocycles. The molecule has 1 amide bonds. The minimum Gasteiger partial charge on any atom is -0.347 e. The highest BCUT2D eigenvalue weighted by molar-refractivity contribution is 5.96. The number of amides is 1. The van der Waals surface area contributed by atoms with Crippen molar-refractivity contribution in [2.45, 2.75) is 58.4 Å². The van der Waals surface area contributed by atoms with Crippen molar-refractivity contribution in [1.82, 2.24) is 25.5 Å². The maximum atomic E-state index is 13.0. The number of hydrogen-bond acceptors (Lipinski definition) is 4. The van der Waals surface area contributed by atoms with E-state index in [4.69, 9.17) is 0 Å². The number of nitrogens with zero attached hydrogens (tertiary/aromatic N) is 4. The number of carbonyl (C=O) groups is 1. The summed E-state index contributed by atoms with van der Waals surface area (Å²) >= 11 is 0. The molecule has 1 N–H and O–H groups in total. The quantitative estimate of drug-likeness (QED) is 0.677. The molecule has 1 aromatic heterocycles. The second-order valence-corrected chi connectivity index (χ2v) is 8.55. The largest absolute Gasteiger partial charge is 0.347 e. The van der Waals surface area contributed by atoms with Crippen molar-refractivity contribution < 1.29 is 4.79 Å². The standard InChI is InChI=1S/C23H27N5O/c1-5-23(3,4)24-22(29)19-12-18(16-8-6-15(2)7-9-16)13-20(14-19)28-21(17-10-11-17)25-26-27-28/h6-9,12-14,17H,5,10-11H2,1-4H3,(H,24,29). The number of aromatic nitrogens is 4. The Morgan fingerprint density at radius 1 is 1.14 bits per heavy atom. The molecule has 1 aliphatic carbocycles. The Balaban J connectivity index is 1.80. The van der Waals surface area contributed by atoms with Crippen LogP contribution in [0.4, 0.5) is 0 Å². The summed E-state index contributed by atoms with van der Waals surface area (Å²) in [7, 11) is 0. The van der Waals surface area contributed by atoms with Crippen LogP contribution in [0, 0.1) is 6.92 Å². The zero-order valence-corrected chi connectivity index (χ0v) is 17.4. The molecule has 29 heavy (non-hydrogen) atoms. The molecule has 1 saturated carbocycles. The highest BCUT2D eigenvalue weighted by Crippen LogP contribution is 2.39. The minimum atomic E-state index is -0.273. The summed E-state index contributed by atoms with van der Waals surface area (Å²) in [5.41, 5.74) is 4.38. The number of rotatable bonds is 6. The fourth-order valence-corrected chi connectivity index (χ4v) is 3.22. The van der Waals surface area contributed by atoms with Crippen LogP contribution in [0.25, 0.3) is 16.8 Å². The van der Waals surface area contributed by atoms with E-state index in [1.54, 1.807) is 4.68 Å². The summed E-state index contributed by atoms with van der Waals surface area (Å²) in [5.74, 6) is 1.18. The first-order chi connectivity index (χ1) is 13.9. The molecular formula is C23H27N5O. The van der Waals surface area contributed by atoms with Crippen molar-refractivity contribution in [2.75, 3.05) is 0 Å². The van der Waals surface area contributed by atoms with E-state index in [1.165, 1.54) is 5.56 Å². The Bertz CT molecular complexity index is 1030. The van der Waals surface area contributed by atoms with Crippen molar-refractivity contribution in [3.8, 4) is 16.8 Å². The number of tetrazole rings is 1. The van der Waals surface area contributed by atoms with E-state index in [0.29, 0.717) is 11.5 Å². The zero-order valence-electron chi connectivity index (χ0n) is 17.4. The van der Waals surface area contributed by atoms with Crippen molar-refractivity contribution >= 4 is 5.91 Å². The minimum absolute atomic E-state index is 0.0897. The van der Waals surface area contributed by atoms with Gasteiger partial charge in [-0.25, -0.2) is 0 Å². The molecule has 0 spiro atoms. The first-order valence-corrected chi connectivity index (χ1v) is 10.2. The SMILES string of the molecule is CCC(C)(C)NC(=O)c1cc(-c2ccc(C)cc2)cc(-n2nnnc2C2CC2)c1. The van der Waals surface area contributed by atoms with E-state index in [1.807, 2.05) is 26.0 Å². The van der Waals surface area contributed by atoms with Gasteiger partial charge in [-0.15, -0.1) is 5.10 Å². The molecule has 0 radical (unpaired) electrons. The normalized spacial score (nSPS) is 14.1. The Hall–Kier alpha value is -3.02. The van der Waals surface area contributed by atoms with E-state index < -0.39 is 0 Å². The molecule has 3 aromatic rings. The third-order valence-corrected chi connectivity index (χ3v) is 5.58. The predicted molar refractivity (Wildman–Crippen MR) is 113 cm³/mol. The van der Waals surface area contributed by atoms with Gasteiger partial charge in [0.15, 0.2) is 5.82 Å². The van der Waals surface area contributed by atoms with Crippen molar-refractivity contribution in [2.24, 2.45) is 0 Å². The third kappa shape index (κ3) is 4.21. The average molecular weight is 390 g/mol. The molecule has 2 aromatic carbocycles. The Morgan fingerprint density at radius 2 is 1.86 bits per heavy atom. The molecule has 1 aliphatic rings. The van der Waals surface area contributed by atoms with Crippen LogP contribution >= 0.6 is 0 Å². The van der Waals surface area contributed by atoms with Gasteiger partial charge in [0.2, 0.25) is 0 Å². The van der Waals surface area contributed by atoms with Crippen LogP contribution in [0.3, 0.4) is 0 Å². The van der Waals surface area contributed by atoms with Crippen LogP contribution in [-0.2, 0) is 0 Å². The first-order valence-electron chi connectivity index (χ1n) is 10.2. The lowest BCUT2D eigenvalue weighted by Crippen LogP contribution is -2.42. The second kappa shape index (κ2) is 7.43. The number of nitrogens with one attached hydrogen (secondary N) is 1. The molecule has 6 heteroatoms. The van der Waals surface area contributed by atoms with Crippen molar-refractivity contribution in [3.63, 3.8) is 0 Å². The Morgan fingerprint density at radius 3 is 2.52 bits per heavy atom. The molecular weight excluding hydrogens is 362 g/mol. The van der Waals surface area contributed by atoms with Crippen LogP contribution in [0.2, 0.25) is 0 Å². The van der Waals surface area contributed by atoms with Crippen molar-refractivity contribution in [3.05, 3.63) is 59.4 Å². The fourth-order valence-electron chi connectivity index (χ4n) is 3.22. The molecule has 4 rings (SSSR count). The number of benzene rings is 2. The zero-order chi connectivity index (χ0) is 20.6. The van der Waals surface area contributed by atoms with Gasteiger partial charge in [0.25, 0.3) is 5.91 Å². The fraction of sp³-hybridized carbons (Fsp3) is 0.391. The Kier molecular flexibility index (Phi) is 4.94. The highest BCUT2D eigenvalue weighted by Gasteiger charge is 2.30. The summed E-state index contributed by atoms with van der Waals surface area (Å²) < 4.78 is 1.77. The molecule has 1 fully saturated rings. The smallest absolute Gasteiger partial charge is 0.251 e. The van der Waals surface area contributed by atoms with E-state index >= 15 is 0 Å². The number of hydrogen-bond donors (Lipinski definition) is 1. The molecule has 1 heterocycles. The first kappa shape index (κ1) is 19.3. The highest BCUT2D eigenvalue weighted by atomic mass is 16.1. The lowest BCUT2D eigenvalue weighted by molar-refractivity contribution is 0.0911. The van der Waals surface area contributed by atoms with E-state index in [9.17, 15) is 4.79 Å². The van der Waals surface area contributed by atoms with E-state index in [2.05, 4.69) is 65.0 Å². The van der Waals surface area contributed by atoms with Crippen LogP contribution in [0.15, 0.2) is 42.5 Å². The number of carbonyl (C=O) groups excluding carboxylic acids is 1. The van der Waals surface area contributed by atoms with Crippen molar-refractivity contribution in [1.29, 1.82) is 0 Å². The van der Waals surface area contributed by atoms with E-state index in [-0.39, 0.29) is 11.4 Å². The lowest BCUT2D eigenvalue weighted by atomic mass is 9.98. The third-order valence-electron chi connectivity index (χ3n) is 5.58. The van der Waals surface area contributed by atoms with Gasteiger partial charge in [0, 0.05) is 17.0 Å². The number of aryl methyl sites for hydroxylation is 1. The average Bonchev–Trinajstić information content (AvgIpc) is 3.44. The van der Waals surface area contributed by atoms with Crippen LogP contribution in [-0.4, -0.2) is 31.7 Å². The summed E-state index contributed by atoms with van der Waals surface area (Å²) in [6, 6.07) is 14.2. The summed E-state index contributed by atoms with van der Waals surface area (Å²) in [4.78, 5) is 13.0. The maximum Gasteiger partial charge on any atom is 0.251 e. The van der Waals surface area contributed by atoms with Gasteiger partial charge in [0.1, 0.15) is 0 Å². The summed E-state index contributed by atoms with van der Waals surface area (Å²) in [6.07, 6.45) is 3.06. The summed E-state index contributed by atoms with van der Waals surface area (Å²) in [5, 5.41) is 15.4. The molecule has 0 aliphatic heterocycles. The molecule has 0 unspecified atom stereocenters. The topological polar surface area (TPSA) is 72.7 Å².